The molecule has 0 radical (unpaired) electrons. The van der Waals surface area contributed by atoms with E-state index in [0.29, 0.717) is 21.8 Å². The molecule has 0 aromatic carbocycles. The van der Waals surface area contributed by atoms with Crippen molar-refractivity contribution in [1.29, 1.82) is 0 Å². The number of piperidine rings is 1. The number of likely N-dealkylation sites (tertiary alicyclic amines) is 1. The lowest BCUT2D eigenvalue weighted by atomic mass is 9.61. The summed E-state index contributed by atoms with van der Waals surface area (Å²) in [5, 5.41) is 0. The van der Waals surface area contributed by atoms with E-state index < -0.39 is 0 Å². The quantitative estimate of drug-likeness (QED) is 0.572. The van der Waals surface area contributed by atoms with Gasteiger partial charge in [0.1, 0.15) is 0 Å². The average Bonchev–Trinajstić information content (AvgIpc) is 2.25. The lowest BCUT2D eigenvalue weighted by Crippen LogP contribution is -2.51. The maximum atomic E-state index is 2.65. The first kappa shape index (κ1) is 18.7. The van der Waals surface area contributed by atoms with Gasteiger partial charge in [0.2, 0.25) is 0 Å². The molecular formula is C20H39N. The van der Waals surface area contributed by atoms with Gasteiger partial charge in [-0.1, -0.05) is 53.7 Å². The summed E-state index contributed by atoms with van der Waals surface area (Å²) in [5.41, 5.74) is 1.40. The molecule has 1 saturated heterocycles. The minimum atomic E-state index is 0.305. The molecule has 0 aliphatic carbocycles. The molecule has 0 N–H and O–H groups in total. The van der Waals surface area contributed by atoms with Gasteiger partial charge in [-0.3, -0.25) is 4.90 Å². The van der Waals surface area contributed by atoms with Crippen LogP contribution < -0.4 is 0 Å². The lowest BCUT2D eigenvalue weighted by molar-refractivity contribution is 0.0100. The fraction of sp³-hybridized carbons (Fsp3) is 0.900. The minimum Gasteiger partial charge on any atom is -0.298 e. The molecule has 0 aromatic heterocycles. The Bertz CT molecular complexity index is 349. The van der Waals surface area contributed by atoms with Crippen LogP contribution in [-0.2, 0) is 0 Å². The summed E-state index contributed by atoms with van der Waals surface area (Å²) in [6, 6.07) is 0. The van der Waals surface area contributed by atoms with Gasteiger partial charge in [0.15, 0.2) is 0 Å². The van der Waals surface area contributed by atoms with Crippen molar-refractivity contribution in [2.24, 2.45) is 16.2 Å². The molecule has 21 heavy (non-hydrogen) atoms. The number of hydrogen-bond donors (Lipinski definition) is 0. The van der Waals surface area contributed by atoms with Crippen LogP contribution in [0.15, 0.2) is 12.2 Å². The van der Waals surface area contributed by atoms with Crippen molar-refractivity contribution in [1.82, 2.24) is 4.90 Å². The predicted octanol–water partition coefficient (Wildman–Crippen LogP) is 5.91. The second kappa shape index (κ2) is 6.07. The zero-order valence-corrected chi connectivity index (χ0v) is 16.1. The van der Waals surface area contributed by atoms with E-state index in [0.717, 1.165) is 0 Å². The van der Waals surface area contributed by atoms with E-state index in [1.54, 1.807) is 0 Å². The standard InChI is InChI=1S/C20H39N/c1-17(2,3)11-10-12-20(18(4,5)6)13-15-21(16-14-20)19(7,8)9/h10,12H,11,13-16H2,1-9H3/b12-10-. The van der Waals surface area contributed by atoms with Gasteiger partial charge in [-0.2, -0.15) is 0 Å². The highest BCUT2D eigenvalue weighted by atomic mass is 15.2. The zero-order chi connectivity index (χ0) is 16.5. The summed E-state index contributed by atoms with van der Waals surface area (Å²) >= 11 is 0. The number of allylic oxidation sites excluding steroid dienone is 2. The fourth-order valence-electron chi connectivity index (χ4n) is 3.38. The van der Waals surface area contributed by atoms with E-state index in [-0.39, 0.29) is 0 Å². The van der Waals surface area contributed by atoms with Crippen molar-refractivity contribution < 1.29 is 0 Å². The van der Waals surface area contributed by atoms with Gasteiger partial charge in [0, 0.05) is 5.54 Å². The summed E-state index contributed by atoms with van der Waals surface area (Å²) in [6.07, 6.45) is 8.77. The maximum Gasteiger partial charge on any atom is 0.0125 e. The Morgan fingerprint density at radius 2 is 1.33 bits per heavy atom. The van der Waals surface area contributed by atoms with Crippen molar-refractivity contribution in [3.8, 4) is 0 Å². The third-order valence-corrected chi connectivity index (χ3v) is 5.27. The molecule has 1 aliphatic heterocycles. The van der Waals surface area contributed by atoms with Crippen LogP contribution >= 0.6 is 0 Å². The molecule has 0 saturated carbocycles. The van der Waals surface area contributed by atoms with Crippen molar-refractivity contribution >= 4 is 0 Å². The summed E-state index contributed by atoms with van der Waals surface area (Å²) < 4.78 is 0. The molecular weight excluding hydrogens is 254 g/mol. The Balaban J connectivity index is 2.85. The second-order valence-electron chi connectivity index (χ2n) is 10.2. The fourth-order valence-corrected chi connectivity index (χ4v) is 3.38. The van der Waals surface area contributed by atoms with Crippen molar-refractivity contribution in [3.05, 3.63) is 12.2 Å². The van der Waals surface area contributed by atoms with Crippen LogP contribution in [0.3, 0.4) is 0 Å². The van der Waals surface area contributed by atoms with Crippen molar-refractivity contribution in [2.45, 2.75) is 87.1 Å². The Morgan fingerprint density at radius 3 is 1.67 bits per heavy atom. The molecule has 1 nitrogen and oxygen atoms in total. The Morgan fingerprint density at radius 1 is 0.857 bits per heavy atom. The van der Waals surface area contributed by atoms with E-state index in [1.165, 1.54) is 32.4 Å². The molecule has 0 amide bonds. The molecule has 1 heterocycles. The molecule has 1 fully saturated rings. The van der Waals surface area contributed by atoms with E-state index in [1.807, 2.05) is 0 Å². The summed E-state index contributed by atoms with van der Waals surface area (Å²) in [7, 11) is 0. The van der Waals surface area contributed by atoms with Gasteiger partial charge in [-0.25, -0.2) is 0 Å². The third kappa shape index (κ3) is 5.13. The van der Waals surface area contributed by atoms with Crippen LogP contribution in [0, 0.1) is 16.2 Å². The molecule has 1 heteroatoms. The topological polar surface area (TPSA) is 3.24 Å². The highest BCUT2D eigenvalue weighted by Crippen LogP contribution is 2.49. The molecule has 1 rings (SSSR count). The van der Waals surface area contributed by atoms with Crippen LogP contribution in [0.1, 0.15) is 81.6 Å². The maximum absolute atomic E-state index is 2.65. The third-order valence-electron chi connectivity index (χ3n) is 5.27. The van der Waals surface area contributed by atoms with Crippen LogP contribution in [0.5, 0.6) is 0 Å². The van der Waals surface area contributed by atoms with Crippen LogP contribution in [0.2, 0.25) is 0 Å². The first-order valence-electron chi connectivity index (χ1n) is 8.70. The SMILES string of the molecule is CC(C)(C)C/C=C\C1(C(C)(C)C)CCN(C(C)(C)C)CC1. The van der Waals surface area contributed by atoms with E-state index in [9.17, 15) is 0 Å². The van der Waals surface area contributed by atoms with Gasteiger partial charge in [0.25, 0.3) is 0 Å². The number of hydrogen-bond acceptors (Lipinski definition) is 1. The molecule has 0 unspecified atom stereocenters. The van der Waals surface area contributed by atoms with Gasteiger partial charge < -0.3 is 0 Å². The molecule has 1 aliphatic rings. The number of nitrogens with zero attached hydrogens (tertiary/aromatic N) is 1. The first-order valence-corrected chi connectivity index (χ1v) is 8.70. The van der Waals surface area contributed by atoms with Gasteiger partial charge in [0.05, 0.1) is 0 Å². The molecule has 0 bridgehead atoms. The average molecular weight is 294 g/mol. The lowest BCUT2D eigenvalue weighted by Gasteiger charge is -2.51. The van der Waals surface area contributed by atoms with Crippen molar-refractivity contribution in [2.75, 3.05) is 13.1 Å². The highest BCUT2D eigenvalue weighted by molar-refractivity contribution is 5.09. The summed E-state index contributed by atoms with van der Waals surface area (Å²) in [6.45, 7) is 23.7. The van der Waals surface area contributed by atoms with Crippen molar-refractivity contribution in [3.63, 3.8) is 0 Å². The normalized spacial score (nSPS) is 22.0. The largest absolute Gasteiger partial charge is 0.298 e. The smallest absolute Gasteiger partial charge is 0.0125 e. The second-order valence-corrected chi connectivity index (χ2v) is 10.2. The monoisotopic (exact) mass is 293 g/mol. The van der Waals surface area contributed by atoms with E-state index in [4.69, 9.17) is 0 Å². The van der Waals surface area contributed by atoms with Crippen LogP contribution in [0.25, 0.3) is 0 Å². The van der Waals surface area contributed by atoms with Gasteiger partial charge in [-0.05, 0) is 69.4 Å². The molecule has 0 spiro atoms. The predicted molar refractivity (Wildman–Crippen MR) is 95.7 cm³/mol. The van der Waals surface area contributed by atoms with E-state index >= 15 is 0 Å². The Kier molecular flexibility index (Phi) is 5.42. The Labute approximate surface area is 134 Å². The molecule has 124 valence electrons. The van der Waals surface area contributed by atoms with E-state index in [2.05, 4.69) is 79.4 Å². The van der Waals surface area contributed by atoms with Gasteiger partial charge >= 0.3 is 0 Å². The van der Waals surface area contributed by atoms with Gasteiger partial charge in [-0.15, -0.1) is 0 Å². The Hall–Kier alpha value is -0.300. The van der Waals surface area contributed by atoms with Crippen LogP contribution in [-0.4, -0.2) is 23.5 Å². The molecule has 0 atom stereocenters. The zero-order valence-electron chi connectivity index (χ0n) is 16.1. The summed E-state index contributed by atoms with van der Waals surface area (Å²) in [5.74, 6) is 0. The summed E-state index contributed by atoms with van der Waals surface area (Å²) in [4.78, 5) is 2.65. The molecule has 0 aromatic rings. The minimum absolute atomic E-state index is 0.305. The number of rotatable bonds is 2. The first-order chi connectivity index (χ1) is 9.27. The highest BCUT2D eigenvalue weighted by Gasteiger charge is 2.43. The van der Waals surface area contributed by atoms with Crippen LogP contribution in [0.4, 0.5) is 0 Å².